The Bertz CT molecular complexity index is 402. The molecule has 0 spiro atoms. The summed E-state index contributed by atoms with van der Waals surface area (Å²) >= 11 is 0. The van der Waals surface area contributed by atoms with Crippen LogP contribution in [0.4, 0.5) is 0 Å². The second-order valence-electron chi connectivity index (χ2n) is 4.20. The summed E-state index contributed by atoms with van der Waals surface area (Å²) in [6.07, 6.45) is 4.79. The number of imidazole rings is 1. The van der Waals surface area contributed by atoms with E-state index in [4.69, 9.17) is 0 Å². The molecular formula is C11H16N4O2. The van der Waals surface area contributed by atoms with Gasteiger partial charge in [0.2, 0.25) is 11.8 Å². The molecule has 1 aliphatic heterocycles. The molecule has 1 fully saturated rings. The van der Waals surface area contributed by atoms with Gasteiger partial charge in [0.05, 0.1) is 13.1 Å². The van der Waals surface area contributed by atoms with E-state index in [1.54, 1.807) is 29.2 Å². The van der Waals surface area contributed by atoms with Crippen LogP contribution in [-0.4, -0.2) is 51.7 Å². The van der Waals surface area contributed by atoms with Crippen LogP contribution in [0.1, 0.15) is 18.7 Å². The number of aromatic amines is 1. The van der Waals surface area contributed by atoms with Gasteiger partial charge < -0.3 is 14.8 Å². The number of aromatic nitrogens is 2. The number of nitrogens with zero attached hydrogens (tertiary/aromatic N) is 3. The van der Waals surface area contributed by atoms with Gasteiger partial charge in [0, 0.05) is 32.4 Å². The quantitative estimate of drug-likeness (QED) is 0.799. The largest absolute Gasteiger partial charge is 0.347 e. The number of likely N-dealkylation sites (N-methyl/N-ethyl adjacent to an activating group) is 1. The Labute approximate surface area is 99.6 Å². The third kappa shape index (κ3) is 2.83. The molecule has 1 saturated heterocycles. The molecule has 0 unspecified atom stereocenters. The van der Waals surface area contributed by atoms with Crippen molar-refractivity contribution in [3.63, 3.8) is 0 Å². The zero-order valence-corrected chi connectivity index (χ0v) is 9.85. The summed E-state index contributed by atoms with van der Waals surface area (Å²) in [7, 11) is 1.71. The van der Waals surface area contributed by atoms with Gasteiger partial charge in [-0.1, -0.05) is 0 Å². The van der Waals surface area contributed by atoms with Crippen molar-refractivity contribution in [1.82, 2.24) is 19.8 Å². The Kier molecular flexibility index (Phi) is 3.41. The lowest BCUT2D eigenvalue weighted by molar-refractivity contribution is -0.137. The van der Waals surface area contributed by atoms with Crippen molar-refractivity contribution in [2.45, 2.75) is 19.4 Å². The highest BCUT2D eigenvalue weighted by Crippen LogP contribution is 2.09. The van der Waals surface area contributed by atoms with Crippen LogP contribution in [0, 0.1) is 0 Å². The first-order valence-electron chi connectivity index (χ1n) is 5.67. The van der Waals surface area contributed by atoms with Crippen molar-refractivity contribution < 1.29 is 9.59 Å². The maximum Gasteiger partial charge on any atom is 0.242 e. The molecule has 1 aromatic rings. The monoisotopic (exact) mass is 236 g/mol. The number of carbonyl (C=O) groups is 2. The SMILES string of the molecule is CN(Cc1ncc[nH]1)C(=O)CN1CCCC1=O. The smallest absolute Gasteiger partial charge is 0.242 e. The van der Waals surface area contributed by atoms with Crippen LogP contribution < -0.4 is 0 Å². The van der Waals surface area contributed by atoms with Gasteiger partial charge in [-0.2, -0.15) is 0 Å². The number of amides is 2. The number of nitrogens with one attached hydrogen (secondary N) is 1. The van der Waals surface area contributed by atoms with Gasteiger partial charge >= 0.3 is 0 Å². The minimum absolute atomic E-state index is 0.0587. The number of hydrogen-bond acceptors (Lipinski definition) is 3. The Balaban J connectivity index is 1.85. The topological polar surface area (TPSA) is 69.3 Å². The molecule has 6 nitrogen and oxygen atoms in total. The molecule has 0 aromatic carbocycles. The first-order chi connectivity index (χ1) is 8.16. The molecule has 6 heteroatoms. The van der Waals surface area contributed by atoms with E-state index in [2.05, 4.69) is 9.97 Å². The van der Waals surface area contributed by atoms with Crippen molar-refractivity contribution in [3.05, 3.63) is 18.2 Å². The molecular weight excluding hydrogens is 220 g/mol. The van der Waals surface area contributed by atoms with E-state index in [0.29, 0.717) is 19.5 Å². The zero-order valence-electron chi connectivity index (χ0n) is 9.85. The molecule has 92 valence electrons. The molecule has 2 rings (SSSR count). The lowest BCUT2D eigenvalue weighted by atomic mass is 10.4. The van der Waals surface area contributed by atoms with E-state index in [1.165, 1.54) is 0 Å². The molecule has 2 amide bonds. The number of carbonyl (C=O) groups excluding carboxylic acids is 2. The molecule has 2 heterocycles. The van der Waals surface area contributed by atoms with Gasteiger partial charge in [-0.3, -0.25) is 9.59 Å². The van der Waals surface area contributed by atoms with Gasteiger partial charge in [-0.25, -0.2) is 4.98 Å². The summed E-state index contributed by atoms with van der Waals surface area (Å²) in [5.74, 6) is 0.759. The van der Waals surface area contributed by atoms with Crippen molar-refractivity contribution in [3.8, 4) is 0 Å². The van der Waals surface area contributed by atoms with Crippen molar-refractivity contribution >= 4 is 11.8 Å². The minimum Gasteiger partial charge on any atom is -0.347 e. The fraction of sp³-hybridized carbons (Fsp3) is 0.545. The Hall–Kier alpha value is -1.85. The predicted molar refractivity (Wildman–Crippen MR) is 60.9 cm³/mol. The summed E-state index contributed by atoms with van der Waals surface area (Å²) in [5, 5.41) is 0. The standard InChI is InChI=1S/C11H16N4O2/c1-14(7-9-12-4-5-13-9)11(17)8-15-6-2-3-10(15)16/h4-5H,2-3,6-8H2,1H3,(H,12,13). The van der Waals surface area contributed by atoms with Crippen LogP contribution in [0.2, 0.25) is 0 Å². The summed E-state index contributed by atoms with van der Waals surface area (Å²) < 4.78 is 0. The van der Waals surface area contributed by atoms with Crippen LogP contribution in [0.15, 0.2) is 12.4 Å². The van der Waals surface area contributed by atoms with Crippen LogP contribution in [-0.2, 0) is 16.1 Å². The van der Waals surface area contributed by atoms with Crippen LogP contribution in [0.3, 0.4) is 0 Å². The molecule has 0 aliphatic carbocycles. The molecule has 0 radical (unpaired) electrons. The van der Waals surface area contributed by atoms with E-state index in [0.717, 1.165) is 12.2 Å². The minimum atomic E-state index is -0.0587. The Morgan fingerprint density at radius 2 is 2.47 bits per heavy atom. The van der Waals surface area contributed by atoms with E-state index < -0.39 is 0 Å². The molecule has 17 heavy (non-hydrogen) atoms. The molecule has 1 aliphatic rings. The molecule has 1 N–H and O–H groups in total. The average molecular weight is 236 g/mol. The predicted octanol–water partition coefficient (Wildman–Crippen LogP) is -0.00950. The van der Waals surface area contributed by atoms with Crippen LogP contribution >= 0.6 is 0 Å². The maximum atomic E-state index is 11.9. The number of likely N-dealkylation sites (tertiary alicyclic amines) is 1. The highest BCUT2D eigenvalue weighted by atomic mass is 16.2. The van der Waals surface area contributed by atoms with Crippen LogP contribution in [0.5, 0.6) is 0 Å². The summed E-state index contributed by atoms with van der Waals surface area (Å²) in [6, 6.07) is 0. The van der Waals surface area contributed by atoms with Crippen molar-refractivity contribution in [2.75, 3.05) is 20.1 Å². The first-order valence-corrected chi connectivity index (χ1v) is 5.67. The van der Waals surface area contributed by atoms with E-state index in [9.17, 15) is 9.59 Å². The highest BCUT2D eigenvalue weighted by Gasteiger charge is 2.23. The number of H-pyrrole nitrogens is 1. The number of rotatable bonds is 4. The fourth-order valence-electron chi connectivity index (χ4n) is 1.85. The third-order valence-corrected chi connectivity index (χ3v) is 2.87. The van der Waals surface area contributed by atoms with Gasteiger partial charge in [0.1, 0.15) is 5.82 Å². The second kappa shape index (κ2) is 4.99. The van der Waals surface area contributed by atoms with Gasteiger partial charge in [0.15, 0.2) is 0 Å². The molecule has 0 atom stereocenters. The van der Waals surface area contributed by atoms with E-state index in [-0.39, 0.29) is 18.4 Å². The average Bonchev–Trinajstić information content (AvgIpc) is 2.91. The lowest BCUT2D eigenvalue weighted by Crippen LogP contribution is -2.38. The van der Waals surface area contributed by atoms with E-state index >= 15 is 0 Å². The second-order valence-corrected chi connectivity index (χ2v) is 4.20. The van der Waals surface area contributed by atoms with Gasteiger partial charge in [-0.15, -0.1) is 0 Å². The normalized spacial score (nSPS) is 15.4. The van der Waals surface area contributed by atoms with E-state index in [1.807, 2.05) is 0 Å². The Morgan fingerprint density at radius 1 is 1.65 bits per heavy atom. The van der Waals surface area contributed by atoms with Crippen molar-refractivity contribution in [2.24, 2.45) is 0 Å². The summed E-state index contributed by atoms with van der Waals surface area (Å²) in [5.41, 5.74) is 0. The van der Waals surface area contributed by atoms with Gasteiger partial charge in [0.25, 0.3) is 0 Å². The zero-order chi connectivity index (χ0) is 12.3. The third-order valence-electron chi connectivity index (χ3n) is 2.87. The summed E-state index contributed by atoms with van der Waals surface area (Å²) in [6.45, 7) is 1.31. The Morgan fingerprint density at radius 3 is 3.06 bits per heavy atom. The molecule has 0 bridgehead atoms. The van der Waals surface area contributed by atoms with Gasteiger partial charge in [-0.05, 0) is 6.42 Å². The summed E-state index contributed by atoms with van der Waals surface area (Å²) in [4.78, 5) is 33.4. The lowest BCUT2D eigenvalue weighted by Gasteiger charge is -2.20. The fourth-order valence-corrected chi connectivity index (χ4v) is 1.85. The van der Waals surface area contributed by atoms with Crippen LogP contribution in [0.25, 0.3) is 0 Å². The highest BCUT2D eigenvalue weighted by molar-refractivity contribution is 5.85. The molecule has 1 aromatic heterocycles. The maximum absolute atomic E-state index is 11.9. The first kappa shape index (κ1) is 11.6. The molecule has 0 saturated carbocycles. The van der Waals surface area contributed by atoms with Crippen molar-refractivity contribution in [1.29, 1.82) is 0 Å². The number of hydrogen-bond donors (Lipinski definition) is 1.